The molecule has 0 heterocycles. The number of nitrogens with one attached hydrogen (secondary N) is 1. The molecule has 0 aromatic heterocycles. The molecule has 0 atom stereocenters. The van der Waals surface area contributed by atoms with Crippen LogP contribution >= 0.6 is 23.2 Å². The van der Waals surface area contributed by atoms with Crippen molar-refractivity contribution in [2.75, 3.05) is 6.54 Å². The molecule has 0 fully saturated rings. The molecular weight excluding hydrogens is 223 g/mol. The van der Waals surface area contributed by atoms with E-state index in [0.717, 1.165) is 0 Å². The average Bonchev–Trinajstić information content (AvgIpc) is 2.18. The van der Waals surface area contributed by atoms with Crippen LogP contribution in [-0.2, 0) is 0 Å². The van der Waals surface area contributed by atoms with E-state index in [1.54, 1.807) is 24.3 Å². The molecule has 0 saturated carbocycles. The minimum Gasteiger partial charge on any atom is -0.339 e. The van der Waals surface area contributed by atoms with Crippen molar-refractivity contribution in [3.63, 3.8) is 0 Å². The summed E-state index contributed by atoms with van der Waals surface area (Å²) in [5, 5.41) is 11.2. The Bertz CT molecular complexity index is 398. The number of nitriles is 1. The van der Waals surface area contributed by atoms with Gasteiger partial charge in [0.1, 0.15) is 6.54 Å². The molecule has 0 aliphatic rings. The van der Waals surface area contributed by atoms with E-state index in [4.69, 9.17) is 28.5 Å². The summed E-state index contributed by atoms with van der Waals surface area (Å²) in [4.78, 5) is 11.4. The van der Waals surface area contributed by atoms with Crippen LogP contribution in [0, 0.1) is 11.3 Å². The highest BCUT2D eigenvalue weighted by Crippen LogP contribution is 2.25. The fourth-order valence-electron chi connectivity index (χ4n) is 0.894. The molecule has 0 aliphatic heterocycles. The summed E-state index contributed by atoms with van der Waals surface area (Å²) in [6.07, 6.45) is 0. The smallest absolute Gasteiger partial charge is 0.253 e. The maximum Gasteiger partial charge on any atom is 0.253 e. The number of benzene rings is 1. The number of hydrogen-bond acceptors (Lipinski definition) is 2. The zero-order valence-electron chi connectivity index (χ0n) is 7.05. The van der Waals surface area contributed by atoms with Crippen LogP contribution in [0.1, 0.15) is 10.4 Å². The van der Waals surface area contributed by atoms with Gasteiger partial charge in [0, 0.05) is 0 Å². The van der Waals surface area contributed by atoms with Gasteiger partial charge >= 0.3 is 0 Å². The Morgan fingerprint density at radius 1 is 1.50 bits per heavy atom. The van der Waals surface area contributed by atoms with Gasteiger partial charge in [-0.3, -0.25) is 4.79 Å². The highest BCUT2D eigenvalue weighted by atomic mass is 35.5. The van der Waals surface area contributed by atoms with Crippen molar-refractivity contribution in [2.24, 2.45) is 0 Å². The molecule has 0 unspecified atom stereocenters. The largest absolute Gasteiger partial charge is 0.339 e. The van der Waals surface area contributed by atoms with Gasteiger partial charge in [0.2, 0.25) is 0 Å². The molecule has 14 heavy (non-hydrogen) atoms. The lowest BCUT2D eigenvalue weighted by Crippen LogP contribution is -2.23. The number of carbonyl (C=O) groups excluding carboxylic acids is 1. The lowest BCUT2D eigenvalue weighted by Gasteiger charge is -2.04. The normalized spacial score (nSPS) is 9.21. The fourth-order valence-corrected chi connectivity index (χ4v) is 1.28. The molecule has 1 N–H and O–H groups in total. The van der Waals surface area contributed by atoms with Gasteiger partial charge in [0.15, 0.2) is 0 Å². The first-order chi connectivity index (χ1) is 6.66. The van der Waals surface area contributed by atoms with Crippen LogP contribution < -0.4 is 5.32 Å². The Labute approximate surface area is 91.2 Å². The molecular formula is C9H6Cl2N2O. The Morgan fingerprint density at radius 3 is 2.86 bits per heavy atom. The molecule has 0 spiro atoms. The van der Waals surface area contributed by atoms with E-state index >= 15 is 0 Å². The average molecular weight is 229 g/mol. The van der Waals surface area contributed by atoms with Gasteiger partial charge in [-0.2, -0.15) is 5.26 Å². The van der Waals surface area contributed by atoms with Crippen LogP contribution in [0.15, 0.2) is 18.2 Å². The summed E-state index contributed by atoms with van der Waals surface area (Å²) in [5.74, 6) is -0.404. The van der Waals surface area contributed by atoms with Crippen LogP contribution in [0.4, 0.5) is 0 Å². The first-order valence-corrected chi connectivity index (χ1v) is 4.51. The minimum atomic E-state index is -0.404. The second-order valence-electron chi connectivity index (χ2n) is 2.44. The van der Waals surface area contributed by atoms with E-state index in [1.807, 2.05) is 0 Å². The topological polar surface area (TPSA) is 52.9 Å². The van der Waals surface area contributed by atoms with Gasteiger partial charge in [-0.25, -0.2) is 0 Å². The van der Waals surface area contributed by atoms with Crippen LogP contribution in [0.25, 0.3) is 0 Å². The summed E-state index contributed by atoms with van der Waals surface area (Å²) in [6.45, 7) is -0.0539. The van der Waals surface area contributed by atoms with E-state index < -0.39 is 5.91 Å². The quantitative estimate of drug-likeness (QED) is 0.790. The summed E-state index contributed by atoms with van der Waals surface area (Å²) in [5.41, 5.74) is 0.273. The molecule has 5 heteroatoms. The molecule has 0 bridgehead atoms. The number of rotatable bonds is 2. The van der Waals surface area contributed by atoms with Crippen LogP contribution in [0.5, 0.6) is 0 Å². The molecule has 1 amide bonds. The Kier molecular flexibility index (Phi) is 3.75. The number of amides is 1. The monoisotopic (exact) mass is 228 g/mol. The van der Waals surface area contributed by atoms with Crippen molar-refractivity contribution in [3.8, 4) is 6.07 Å². The molecule has 1 aromatic carbocycles. The second-order valence-corrected chi connectivity index (χ2v) is 3.23. The van der Waals surface area contributed by atoms with E-state index in [2.05, 4.69) is 5.32 Å². The molecule has 0 radical (unpaired) electrons. The SMILES string of the molecule is N#CCNC(=O)c1cccc(Cl)c1Cl. The first-order valence-electron chi connectivity index (χ1n) is 3.76. The molecule has 72 valence electrons. The first kappa shape index (κ1) is 10.8. The number of carbonyl (C=O) groups is 1. The molecule has 0 saturated heterocycles. The van der Waals surface area contributed by atoms with Crippen molar-refractivity contribution in [2.45, 2.75) is 0 Å². The number of nitrogens with zero attached hydrogens (tertiary/aromatic N) is 1. The van der Waals surface area contributed by atoms with Gasteiger partial charge in [0.05, 0.1) is 21.7 Å². The van der Waals surface area contributed by atoms with Gasteiger partial charge in [0.25, 0.3) is 5.91 Å². The van der Waals surface area contributed by atoms with Crippen LogP contribution in [-0.4, -0.2) is 12.5 Å². The van der Waals surface area contributed by atoms with E-state index in [1.165, 1.54) is 0 Å². The van der Waals surface area contributed by atoms with Crippen LogP contribution in [0.2, 0.25) is 10.0 Å². The van der Waals surface area contributed by atoms with E-state index in [9.17, 15) is 4.79 Å². The van der Waals surface area contributed by atoms with E-state index in [0.29, 0.717) is 5.02 Å². The second kappa shape index (κ2) is 4.85. The summed E-state index contributed by atoms with van der Waals surface area (Å²) >= 11 is 11.5. The molecule has 1 rings (SSSR count). The standard InChI is InChI=1S/C9H6Cl2N2O/c10-7-3-1-2-6(8(7)11)9(14)13-5-4-12/h1-3H,5H2,(H,13,14). The fraction of sp³-hybridized carbons (Fsp3) is 0.111. The van der Waals surface area contributed by atoms with Crippen molar-refractivity contribution < 1.29 is 4.79 Å². The predicted molar refractivity (Wildman–Crippen MR) is 54.4 cm³/mol. The summed E-state index contributed by atoms with van der Waals surface area (Å²) in [7, 11) is 0. The Morgan fingerprint density at radius 2 is 2.21 bits per heavy atom. The molecule has 0 aliphatic carbocycles. The van der Waals surface area contributed by atoms with Gasteiger partial charge < -0.3 is 5.32 Å². The zero-order chi connectivity index (χ0) is 10.6. The van der Waals surface area contributed by atoms with Gasteiger partial charge in [-0.15, -0.1) is 0 Å². The Hall–Kier alpha value is -1.24. The third kappa shape index (κ3) is 2.38. The summed E-state index contributed by atoms with van der Waals surface area (Å²) < 4.78 is 0. The maximum atomic E-state index is 11.4. The molecule has 1 aromatic rings. The zero-order valence-corrected chi connectivity index (χ0v) is 8.56. The third-order valence-electron chi connectivity index (χ3n) is 1.52. The third-order valence-corrected chi connectivity index (χ3v) is 2.34. The van der Waals surface area contributed by atoms with Crippen molar-refractivity contribution in [1.82, 2.24) is 5.32 Å². The number of hydrogen-bond donors (Lipinski definition) is 1. The highest BCUT2D eigenvalue weighted by molar-refractivity contribution is 6.43. The van der Waals surface area contributed by atoms with E-state index in [-0.39, 0.29) is 17.1 Å². The lowest BCUT2D eigenvalue weighted by molar-refractivity contribution is 0.0958. The van der Waals surface area contributed by atoms with Crippen molar-refractivity contribution >= 4 is 29.1 Å². The Balaban J connectivity index is 2.91. The van der Waals surface area contributed by atoms with Crippen molar-refractivity contribution in [1.29, 1.82) is 5.26 Å². The lowest BCUT2D eigenvalue weighted by atomic mass is 10.2. The number of halogens is 2. The van der Waals surface area contributed by atoms with Gasteiger partial charge in [-0.05, 0) is 12.1 Å². The molecule has 3 nitrogen and oxygen atoms in total. The summed E-state index contributed by atoms with van der Waals surface area (Å²) in [6, 6.07) is 6.55. The van der Waals surface area contributed by atoms with Crippen LogP contribution in [0.3, 0.4) is 0 Å². The van der Waals surface area contributed by atoms with Crippen molar-refractivity contribution in [3.05, 3.63) is 33.8 Å². The minimum absolute atomic E-state index is 0.0539. The highest BCUT2D eigenvalue weighted by Gasteiger charge is 2.11. The predicted octanol–water partition coefficient (Wildman–Crippen LogP) is 2.25. The van der Waals surface area contributed by atoms with Gasteiger partial charge in [-0.1, -0.05) is 29.3 Å². The maximum absolute atomic E-state index is 11.4.